The summed E-state index contributed by atoms with van der Waals surface area (Å²) in [6.07, 6.45) is 0. The highest BCUT2D eigenvalue weighted by molar-refractivity contribution is 14.1. The molecule has 2 rings (SSSR count). The van der Waals surface area contributed by atoms with Crippen molar-refractivity contribution < 1.29 is 14.3 Å². The van der Waals surface area contributed by atoms with Gasteiger partial charge in [-0.05, 0) is 53.3 Å². The number of aryl methyl sites for hydroxylation is 1. The van der Waals surface area contributed by atoms with Gasteiger partial charge >= 0.3 is 0 Å². The smallest absolute Gasteiger partial charge is 0.255 e. The predicted molar refractivity (Wildman–Crippen MR) is 91.4 cm³/mol. The van der Waals surface area contributed by atoms with Gasteiger partial charge in [-0.25, -0.2) is 0 Å². The van der Waals surface area contributed by atoms with E-state index in [1.54, 1.807) is 26.4 Å². The van der Waals surface area contributed by atoms with E-state index >= 15 is 0 Å². The number of carbonyl (C=O) groups excluding carboxylic acids is 1. The minimum Gasteiger partial charge on any atom is -0.493 e. The third kappa shape index (κ3) is 3.47. The first-order valence-corrected chi connectivity index (χ1v) is 7.43. The molecule has 0 heterocycles. The summed E-state index contributed by atoms with van der Waals surface area (Å²) >= 11 is 2.12. The summed E-state index contributed by atoms with van der Waals surface area (Å²) in [6.45, 7) is 1.95. The average molecular weight is 397 g/mol. The number of para-hydroxylation sites is 1. The zero-order chi connectivity index (χ0) is 15.4. The molecule has 0 aliphatic carbocycles. The van der Waals surface area contributed by atoms with E-state index in [-0.39, 0.29) is 5.91 Å². The molecule has 0 aromatic heterocycles. The van der Waals surface area contributed by atoms with Gasteiger partial charge in [-0.3, -0.25) is 4.79 Å². The molecule has 21 heavy (non-hydrogen) atoms. The van der Waals surface area contributed by atoms with Gasteiger partial charge in [0.05, 0.1) is 17.8 Å². The van der Waals surface area contributed by atoms with Crippen LogP contribution in [0.2, 0.25) is 0 Å². The third-order valence-corrected chi connectivity index (χ3v) is 3.89. The van der Waals surface area contributed by atoms with Gasteiger partial charge < -0.3 is 14.8 Å². The normalized spacial score (nSPS) is 10.1. The molecule has 110 valence electrons. The Morgan fingerprint density at radius 1 is 1.14 bits per heavy atom. The number of benzene rings is 2. The summed E-state index contributed by atoms with van der Waals surface area (Å²) in [5.41, 5.74) is 2.34. The number of amides is 1. The Labute approximate surface area is 137 Å². The van der Waals surface area contributed by atoms with Gasteiger partial charge in [0, 0.05) is 11.3 Å². The molecule has 2 aromatic rings. The highest BCUT2D eigenvalue weighted by atomic mass is 127. The van der Waals surface area contributed by atoms with E-state index in [4.69, 9.17) is 9.47 Å². The maximum absolute atomic E-state index is 12.4. The topological polar surface area (TPSA) is 47.6 Å². The summed E-state index contributed by atoms with van der Waals surface area (Å²) in [4.78, 5) is 12.4. The Balaban J connectivity index is 2.32. The van der Waals surface area contributed by atoms with Gasteiger partial charge in [-0.1, -0.05) is 18.2 Å². The average Bonchev–Trinajstić information content (AvgIpc) is 2.48. The van der Waals surface area contributed by atoms with Crippen molar-refractivity contribution in [1.29, 1.82) is 0 Å². The molecular formula is C16H16INO3. The molecular weight excluding hydrogens is 381 g/mol. The Morgan fingerprint density at radius 2 is 1.86 bits per heavy atom. The van der Waals surface area contributed by atoms with Crippen LogP contribution >= 0.6 is 22.6 Å². The van der Waals surface area contributed by atoms with Crippen LogP contribution in [-0.2, 0) is 0 Å². The van der Waals surface area contributed by atoms with Crippen molar-refractivity contribution in [3.8, 4) is 11.5 Å². The van der Waals surface area contributed by atoms with E-state index in [9.17, 15) is 4.79 Å². The van der Waals surface area contributed by atoms with Crippen molar-refractivity contribution in [2.45, 2.75) is 6.92 Å². The van der Waals surface area contributed by atoms with Crippen LogP contribution in [0, 0.1) is 10.5 Å². The van der Waals surface area contributed by atoms with E-state index in [0.717, 1.165) is 14.8 Å². The lowest BCUT2D eigenvalue weighted by Gasteiger charge is -2.13. The number of halogens is 1. The Morgan fingerprint density at radius 3 is 2.48 bits per heavy atom. The fourth-order valence-electron chi connectivity index (χ4n) is 1.96. The quantitative estimate of drug-likeness (QED) is 0.797. The molecule has 4 nitrogen and oxygen atoms in total. The van der Waals surface area contributed by atoms with Crippen LogP contribution in [0.1, 0.15) is 15.9 Å². The number of anilines is 1. The fourth-order valence-corrected chi connectivity index (χ4v) is 2.78. The van der Waals surface area contributed by atoms with Crippen LogP contribution in [0.5, 0.6) is 11.5 Å². The second-order valence-electron chi connectivity index (χ2n) is 4.46. The largest absolute Gasteiger partial charge is 0.493 e. The zero-order valence-corrected chi connectivity index (χ0v) is 14.2. The Bertz CT molecular complexity index is 671. The second-order valence-corrected chi connectivity index (χ2v) is 5.62. The number of nitrogens with one attached hydrogen (secondary N) is 1. The van der Waals surface area contributed by atoms with Crippen LogP contribution in [0.4, 0.5) is 5.69 Å². The van der Waals surface area contributed by atoms with Crippen molar-refractivity contribution in [3.63, 3.8) is 0 Å². The maximum Gasteiger partial charge on any atom is 0.255 e. The van der Waals surface area contributed by atoms with Crippen molar-refractivity contribution in [3.05, 3.63) is 51.1 Å². The molecule has 1 amide bonds. The monoisotopic (exact) mass is 397 g/mol. The van der Waals surface area contributed by atoms with Gasteiger partial charge in [0.1, 0.15) is 0 Å². The first kappa shape index (κ1) is 15.6. The SMILES string of the molecule is COc1cc(C(=O)Nc2ccccc2C)cc(I)c1OC. The lowest BCUT2D eigenvalue weighted by atomic mass is 10.1. The predicted octanol–water partition coefficient (Wildman–Crippen LogP) is 3.87. The molecule has 0 fully saturated rings. The van der Waals surface area contributed by atoms with Crippen LogP contribution in [0.3, 0.4) is 0 Å². The van der Waals surface area contributed by atoms with Crippen molar-refractivity contribution in [1.82, 2.24) is 0 Å². The molecule has 0 saturated heterocycles. The van der Waals surface area contributed by atoms with Crippen LogP contribution in [0.15, 0.2) is 36.4 Å². The van der Waals surface area contributed by atoms with Gasteiger partial charge in [-0.15, -0.1) is 0 Å². The maximum atomic E-state index is 12.4. The highest BCUT2D eigenvalue weighted by Gasteiger charge is 2.15. The van der Waals surface area contributed by atoms with Gasteiger partial charge in [0.15, 0.2) is 11.5 Å². The molecule has 0 spiro atoms. The molecule has 0 aliphatic heterocycles. The zero-order valence-electron chi connectivity index (χ0n) is 12.1. The standard InChI is InChI=1S/C16H16INO3/c1-10-6-4-5-7-13(10)18-16(19)11-8-12(17)15(21-3)14(9-11)20-2/h4-9H,1-3H3,(H,18,19). The highest BCUT2D eigenvalue weighted by Crippen LogP contribution is 2.33. The van der Waals surface area contributed by atoms with Crippen molar-refractivity contribution in [2.24, 2.45) is 0 Å². The molecule has 1 N–H and O–H groups in total. The van der Waals surface area contributed by atoms with Crippen LogP contribution < -0.4 is 14.8 Å². The number of carbonyl (C=O) groups is 1. The van der Waals surface area contributed by atoms with Crippen LogP contribution in [0.25, 0.3) is 0 Å². The lowest BCUT2D eigenvalue weighted by Crippen LogP contribution is -2.13. The second kappa shape index (κ2) is 6.80. The summed E-state index contributed by atoms with van der Waals surface area (Å²) in [7, 11) is 3.13. The Kier molecular flexibility index (Phi) is 5.06. The molecule has 5 heteroatoms. The summed E-state index contributed by atoms with van der Waals surface area (Å²) in [5.74, 6) is 0.994. The Hall–Kier alpha value is -1.76. The van der Waals surface area contributed by atoms with E-state index in [0.29, 0.717) is 17.1 Å². The first-order chi connectivity index (χ1) is 10.1. The van der Waals surface area contributed by atoms with E-state index in [2.05, 4.69) is 27.9 Å². The van der Waals surface area contributed by atoms with Gasteiger partial charge in [-0.2, -0.15) is 0 Å². The number of ether oxygens (including phenoxy) is 2. The minimum atomic E-state index is -0.178. The summed E-state index contributed by atoms with van der Waals surface area (Å²) in [6, 6.07) is 11.1. The first-order valence-electron chi connectivity index (χ1n) is 6.35. The fraction of sp³-hybridized carbons (Fsp3) is 0.188. The van der Waals surface area contributed by atoms with Crippen molar-refractivity contribution in [2.75, 3.05) is 19.5 Å². The van der Waals surface area contributed by atoms with E-state index < -0.39 is 0 Å². The van der Waals surface area contributed by atoms with Gasteiger partial charge in [0.2, 0.25) is 0 Å². The summed E-state index contributed by atoms with van der Waals surface area (Å²) in [5, 5.41) is 2.90. The molecule has 0 unspecified atom stereocenters. The number of methoxy groups -OCH3 is 2. The van der Waals surface area contributed by atoms with Gasteiger partial charge in [0.25, 0.3) is 5.91 Å². The molecule has 0 aliphatic rings. The molecule has 0 atom stereocenters. The van der Waals surface area contributed by atoms with E-state index in [1.165, 1.54) is 0 Å². The van der Waals surface area contributed by atoms with E-state index in [1.807, 2.05) is 31.2 Å². The lowest BCUT2D eigenvalue weighted by molar-refractivity contribution is 0.102. The molecule has 0 saturated carbocycles. The molecule has 0 bridgehead atoms. The summed E-state index contributed by atoms with van der Waals surface area (Å²) < 4.78 is 11.4. The van der Waals surface area contributed by atoms with Crippen LogP contribution in [-0.4, -0.2) is 20.1 Å². The number of hydrogen-bond acceptors (Lipinski definition) is 3. The molecule has 2 aromatic carbocycles. The van der Waals surface area contributed by atoms with Crippen molar-refractivity contribution >= 4 is 34.2 Å². The molecule has 0 radical (unpaired) electrons. The minimum absolute atomic E-state index is 0.178. The number of rotatable bonds is 4. The third-order valence-electron chi connectivity index (χ3n) is 3.09. The number of hydrogen-bond donors (Lipinski definition) is 1.